The lowest BCUT2D eigenvalue weighted by atomic mass is 10.1. The normalized spacial score (nSPS) is 20.5. The second kappa shape index (κ2) is 8.66. The van der Waals surface area contributed by atoms with E-state index in [1.807, 2.05) is 11.4 Å². The highest BCUT2D eigenvalue weighted by molar-refractivity contribution is 7.89. The van der Waals surface area contributed by atoms with Crippen molar-refractivity contribution in [3.05, 3.63) is 51.7 Å². The van der Waals surface area contributed by atoms with Gasteiger partial charge in [0.05, 0.1) is 9.90 Å². The van der Waals surface area contributed by atoms with Gasteiger partial charge >= 0.3 is 0 Å². The average molecular weight is 468 g/mol. The van der Waals surface area contributed by atoms with Gasteiger partial charge in [-0.2, -0.15) is 4.31 Å². The zero-order chi connectivity index (χ0) is 21.3. The summed E-state index contributed by atoms with van der Waals surface area (Å²) in [6.07, 6.45) is 1.42. The van der Waals surface area contributed by atoms with Crippen LogP contribution in [0, 0.1) is 0 Å². The zero-order valence-corrected chi connectivity index (χ0v) is 18.6. The Morgan fingerprint density at radius 2 is 1.73 bits per heavy atom. The molecule has 0 bridgehead atoms. The van der Waals surface area contributed by atoms with Gasteiger partial charge in [0.1, 0.15) is 10.9 Å². The molecule has 2 aliphatic rings. The van der Waals surface area contributed by atoms with Gasteiger partial charge in [-0.3, -0.25) is 9.59 Å². The van der Waals surface area contributed by atoms with E-state index < -0.39 is 16.1 Å². The van der Waals surface area contributed by atoms with Crippen LogP contribution in [0.15, 0.2) is 46.7 Å². The number of sulfonamides is 1. The highest BCUT2D eigenvalue weighted by atomic mass is 35.5. The third-order valence-electron chi connectivity index (χ3n) is 5.54. The van der Waals surface area contributed by atoms with Crippen molar-refractivity contribution < 1.29 is 18.0 Å². The lowest BCUT2D eigenvalue weighted by Gasteiger charge is -2.36. The van der Waals surface area contributed by atoms with Crippen molar-refractivity contribution in [2.24, 2.45) is 0 Å². The van der Waals surface area contributed by atoms with E-state index >= 15 is 0 Å². The molecule has 0 N–H and O–H groups in total. The quantitative estimate of drug-likeness (QED) is 0.692. The fourth-order valence-electron chi connectivity index (χ4n) is 3.96. The number of hydrogen-bond acceptors (Lipinski definition) is 5. The van der Waals surface area contributed by atoms with Crippen LogP contribution in [-0.4, -0.2) is 73.1 Å². The fraction of sp³-hybridized carbons (Fsp3) is 0.400. The molecule has 2 aromatic rings. The van der Waals surface area contributed by atoms with Gasteiger partial charge in [0.25, 0.3) is 5.91 Å². The van der Waals surface area contributed by atoms with Gasteiger partial charge in [0, 0.05) is 32.7 Å². The fourth-order valence-corrected chi connectivity index (χ4v) is 6.56. The monoisotopic (exact) mass is 467 g/mol. The Kier molecular flexibility index (Phi) is 6.15. The molecule has 0 aliphatic carbocycles. The van der Waals surface area contributed by atoms with Crippen LogP contribution in [0.1, 0.15) is 22.5 Å². The topological polar surface area (TPSA) is 78.0 Å². The molecule has 1 aromatic heterocycles. The number of hydrogen-bond donors (Lipinski definition) is 0. The van der Waals surface area contributed by atoms with E-state index in [0.717, 1.165) is 6.42 Å². The Morgan fingerprint density at radius 3 is 2.40 bits per heavy atom. The molecule has 2 aliphatic heterocycles. The molecule has 2 fully saturated rings. The molecular formula is C20H22ClN3O4S2. The summed E-state index contributed by atoms with van der Waals surface area (Å²) < 4.78 is 27.2. The number of carbonyl (C=O) groups is 2. The van der Waals surface area contributed by atoms with E-state index in [-0.39, 0.29) is 34.8 Å². The standard InChI is InChI=1S/C20H22ClN3O4S2/c21-15-5-1-2-8-18(15)30(27,28)23-12-10-22(11-13-23)19(25)16-6-3-9-24(16)20(26)17-7-4-14-29-17/h1-2,4-5,7-8,14,16H,3,6,9-13H2/t16-/m0/s1. The average Bonchev–Trinajstić information content (AvgIpc) is 3.45. The zero-order valence-electron chi connectivity index (χ0n) is 16.2. The molecule has 4 rings (SSSR count). The van der Waals surface area contributed by atoms with E-state index in [9.17, 15) is 18.0 Å². The van der Waals surface area contributed by atoms with Crippen LogP contribution in [0.4, 0.5) is 0 Å². The molecule has 0 saturated carbocycles. The Morgan fingerprint density at radius 1 is 1.00 bits per heavy atom. The van der Waals surface area contributed by atoms with E-state index in [2.05, 4.69) is 0 Å². The number of likely N-dealkylation sites (tertiary alicyclic amines) is 1. The number of carbonyl (C=O) groups excluding carboxylic acids is 2. The SMILES string of the molecule is O=C([C@@H]1CCCN1C(=O)c1cccs1)N1CCN(S(=O)(=O)c2ccccc2Cl)CC1. The number of amides is 2. The summed E-state index contributed by atoms with van der Waals surface area (Å²) in [7, 11) is -3.71. The first-order valence-corrected chi connectivity index (χ1v) is 12.5. The Labute approximate surface area is 184 Å². The van der Waals surface area contributed by atoms with Gasteiger partial charge in [0.15, 0.2) is 0 Å². The maximum absolute atomic E-state index is 13.1. The molecule has 0 unspecified atom stereocenters. The predicted octanol–water partition coefficient (Wildman–Crippen LogP) is 2.54. The Balaban J connectivity index is 1.42. The third kappa shape index (κ3) is 3.99. The van der Waals surface area contributed by atoms with E-state index in [0.29, 0.717) is 30.9 Å². The first-order valence-electron chi connectivity index (χ1n) is 9.77. The number of piperazine rings is 1. The van der Waals surface area contributed by atoms with Crippen molar-refractivity contribution in [2.75, 3.05) is 32.7 Å². The third-order valence-corrected chi connectivity index (χ3v) is 8.79. The molecule has 2 saturated heterocycles. The lowest BCUT2D eigenvalue weighted by Crippen LogP contribution is -2.55. The maximum atomic E-state index is 13.1. The minimum atomic E-state index is -3.71. The van der Waals surface area contributed by atoms with Crippen molar-refractivity contribution in [1.29, 1.82) is 0 Å². The number of benzene rings is 1. The molecule has 1 atom stereocenters. The second-order valence-electron chi connectivity index (χ2n) is 7.29. The molecule has 0 radical (unpaired) electrons. The predicted molar refractivity (Wildman–Crippen MR) is 115 cm³/mol. The Hall–Kier alpha value is -1.94. The van der Waals surface area contributed by atoms with E-state index in [4.69, 9.17) is 11.6 Å². The summed E-state index contributed by atoms with van der Waals surface area (Å²) >= 11 is 7.44. The molecule has 7 nitrogen and oxygen atoms in total. The van der Waals surface area contributed by atoms with E-state index in [1.54, 1.807) is 34.1 Å². The van der Waals surface area contributed by atoms with Crippen LogP contribution >= 0.6 is 22.9 Å². The van der Waals surface area contributed by atoms with Crippen molar-refractivity contribution >= 4 is 44.8 Å². The summed E-state index contributed by atoms with van der Waals surface area (Å²) in [5, 5.41) is 2.03. The minimum absolute atomic E-state index is 0.0787. The number of rotatable bonds is 4. The van der Waals surface area contributed by atoms with Crippen molar-refractivity contribution in [3.63, 3.8) is 0 Å². The minimum Gasteiger partial charge on any atom is -0.338 e. The molecule has 3 heterocycles. The lowest BCUT2D eigenvalue weighted by molar-refractivity contribution is -0.136. The first-order chi connectivity index (χ1) is 14.4. The van der Waals surface area contributed by atoms with Gasteiger partial charge in [-0.25, -0.2) is 8.42 Å². The summed E-state index contributed by atoms with van der Waals surface area (Å²) in [6, 6.07) is 9.47. The number of nitrogens with zero attached hydrogens (tertiary/aromatic N) is 3. The molecule has 2 amide bonds. The Bertz CT molecular complexity index is 1030. The molecule has 30 heavy (non-hydrogen) atoms. The van der Waals surface area contributed by atoms with Gasteiger partial charge in [-0.05, 0) is 36.4 Å². The summed E-state index contributed by atoms with van der Waals surface area (Å²) in [5.41, 5.74) is 0. The second-order valence-corrected chi connectivity index (χ2v) is 10.6. The molecule has 0 spiro atoms. The van der Waals surface area contributed by atoms with Crippen LogP contribution in [0.25, 0.3) is 0 Å². The van der Waals surface area contributed by atoms with Crippen LogP contribution in [-0.2, 0) is 14.8 Å². The van der Waals surface area contributed by atoms with Crippen molar-refractivity contribution in [2.45, 2.75) is 23.8 Å². The summed E-state index contributed by atoms with van der Waals surface area (Å²) in [4.78, 5) is 29.9. The summed E-state index contributed by atoms with van der Waals surface area (Å²) in [5.74, 6) is -0.215. The molecular weight excluding hydrogens is 446 g/mol. The number of thiophene rings is 1. The van der Waals surface area contributed by atoms with Crippen LogP contribution in [0.3, 0.4) is 0 Å². The van der Waals surface area contributed by atoms with Crippen molar-refractivity contribution in [1.82, 2.24) is 14.1 Å². The van der Waals surface area contributed by atoms with Gasteiger partial charge in [0.2, 0.25) is 15.9 Å². The largest absolute Gasteiger partial charge is 0.338 e. The van der Waals surface area contributed by atoms with Crippen LogP contribution in [0.5, 0.6) is 0 Å². The van der Waals surface area contributed by atoms with Crippen LogP contribution < -0.4 is 0 Å². The highest BCUT2D eigenvalue weighted by Crippen LogP contribution is 2.27. The summed E-state index contributed by atoms with van der Waals surface area (Å²) in [6.45, 7) is 1.55. The number of halogens is 1. The van der Waals surface area contributed by atoms with Crippen LogP contribution in [0.2, 0.25) is 5.02 Å². The van der Waals surface area contributed by atoms with E-state index in [1.165, 1.54) is 21.7 Å². The smallest absolute Gasteiger partial charge is 0.264 e. The van der Waals surface area contributed by atoms with Gasteiger partial charge in [-0.15, -0.1) is 11.3 Å². The van der Waals surface area contributed by atoms with Crippen molar-refractivity contribution in [3.8, 4) is 0 Å². The molecule has 160 valence electrons. The first kappa shape index (κ1) is 21.3. The van der Waals surface area contributed by atoms with Gasteiger partial charge < -0.3 is 9.80 Å². The molecule has 10 heteroatoms. The maximum Gasteiger partial charge on any atom is 0.264 e. The highest BCUT2D eigenvalue weighted by Gasteiger charge is 2.39. The molecule has 1 aromatic carbocycles. The van der Waals surface area contributed by atoms with Gasteiger partial charge in [-0.1, -0.05) is 29.8 Å².